The van der Waals surface area contributed by atoms with Gasteiger partial charge in [0.2, 0.25) is 35.4 Å². The van der Waals surface area contributed by atoms with Gasteiger partial charge in [-0.15, -0.1) is 0 Å². The molecule has 0 spiro atoms. The van der Waals surface area contributed by atoms with Gasteiger partial charge in [-0.2, -0.15) is 5.48 Å². The van der Waals surface area contributed by atoms with E-state index in [1.54, 1.807) is 19.1 Å². The van der Waals surface area contributed by atoms with Crippen LogP contribution in [0.3, 0.4) is 0 Å². The summed E-state index contributed by atoms with van der Waals surface area (Å²) in [7, 11) is 0. The molecule has 0 aromatic heterocycles. The third-order valence-electron chi connectivity index (χ3n) is 5.94. The summed E-state index contributed by atoms with van der Waals surface area (Å²) in [4.78, 5) is 82.1. The lowest BCUT2D eigenvalue weighted by Crippen LogP contribution is -2.56. The maximum Gasteiger partial charge on any atom is 0.248 e. The van der Waals surface area contributed by atoms with E-state index in [0.717, 1.165) is 12.0 Å². The van der Waals surface area contributed by atoms with Crippen LogP contribution in [-0.2, 0) is 49.6 Å². The van der Waals surface area contributed by atoms with Crippen LogP contribution in [0.25, 0.3) is 0 Å². The van der Waals surface area contributed by atoms with Crippen LogP contribution >= 0.6 is 0 Å². The average Bonchev–Trinajstić information content (AvgIpc) is 2.98. The van der Waals surface area contributed by atoms with E-state index in [0.29, 0.717) is 25.9 Å². The van der Waals surface area contributed by atoms with E-state index >= 15 is 0 Å². The Morgan fingerprint density at radius 1 is 0.929 bits per heavy atom. The average molecular weight is 594 g/mol. The number of β-lactam (4-membered cyclic amide) rings is 2. The maximum absolute atomic E-state index is 12.7. The zero-order valence-corrected chi connectivity index (χ0v) is 23.5. The van der Waals surface area contributed by atoms with E-state index in [2.05, 4.69) is 26.9 Å². The highest BCUT2D eigenvalue weighted by Gasteiger charge is 2.42. The highest BCUT2D eigenvalue weighted by molar-refractivity contribution is 6.17. The first-order chi connectivity index (χ1) is 20.2. The van der Waals surface area contributed by atoms with E-state index in [9.17, 15) is 28.8 Å². The van der Waals surface area contributed by atoms with E-state index < -0.39 is 35.6 Å². The van der Waals surface area contributed by atoms with E-state index in [1.165, 1.54) is 4.90 Å². The smallest absolute Gasteiger partial charge is 0.248 e. The fourth-order valence-corrected chi connectivity index (χ4v) is 3.73. The van der Waals surface area contributed by atoms with Crippen molar-refractivity contribution in [2.75, 3.05) is 46.3 Å². The van der Waals surface area contributed by atoms with Crippen molar-refractivity contribution in [3.05, 3.63) is 35.9 Å². The fourth-order valence-electron chi connectivity index (χ4n) is 3.73. The second kappa shape index (κ2) is 19.2. The molecule has 16 nitrogen and oxygen atoms in total. The number of amides is 6. The molecule has 16 heteroatoms. The van der Waals surface area contributed by atoms with Crippen LogP contribution in [0.5, 0.6) is 0 Å². The van der Waals surface area contributed by atoms with Crippen molar-refractivity contribution in [3.63, 3.8) is 0 Å². The minimum absolute atomic E-state index is 0.113. The minimum atomic E-state index is -0.941. The quantitative estimate of drug-likeness (QED) is 0.0273. The standard InChI is InChI=1S/C26H39N7O9/c1-18-25(38)33(26(18)39)11-7-3-6-10-30-41-15-23(36)28-13-22(35)32-20(12-19-8-4-2-5-9-19)24(37)29-16-31-42-17-40-14-21(27)34/h2,4-5,8-9,18,20,30-31H,3,6-7,10-17H2,1H3,(H2,27,34)(H,28,36)(H,29,37)(H,32,35). The molecule has 7 N–H and O–H groups in total. The summed E-state index contributed by atoms with van der Waals surface area (Å²) in [6, 6.07) is 8.12. The van der Waals surface area contributed by atoms with Gasteiger partial charge in [0.05, 0.1) is 13.2 Å². The minimum Gasteiger partial charge on any atom is -0.368 e. The Morgan fingerprint density at radius 2 is 1.67 bits per heavy atom. The van der Waals surface area contributed by atoms with Crippen LogP contribution in [0, 0.1) is 5.92 Å². The molecule has 232 valence electrons. The predicted molar refractivity (Wildman–Crippen MR) is 146 cm³/mol. The topological polar surface area (TPSA) is 220 Å². The van der Waals surface area contributed by atoms with E-state index in [1.807, 2.05) is 18.2 Å². The number of unbranched alkanes of at least 4 members (excludes halogenated alkanes) is 2. The van der Waals surface area contributed by atoms with Gasteiger partial charge in [0.1, 0.15) is 25.2 Å². The number of carbonyl (C=O) groups is 6. The monoisotopic (exact) mass is 593 g/mol. The molecule has 0 aliphatic carbocycles. The Hall–Kier alpha value is -3.96. The molecule has 42 heavy (non-hydrogen) atoms. The number of hydrogen-bond acceptors (Lipinski definition) is 11. The first kappa shape index (κ1) is 34.2. The number of rotatable bonds is 22. The number of nitrogens with one attached hydrogen (secondary N) is 5. The van der Waals surface area contributed by atoms with Crippen molar-refractivity contribution in [2.24, 2.45) is 11.7 Å². The number of hydroxylamine groups is 2. The summed E-state index contributed by atoms with van der Waals surface area (Å²) < 4.78 is 4.80. The molecule has 1 unspecified atom stereocenters. The number of likely N-dealkylation sites (tertiary alicyclic amines) is 1. The van der Waals surface area contributed by atoms with Crippen molar-refractivity contribution < 1.29 is 43.2 Å². The van der Waals surface area contributed by atoms with Crippen LogP contribution in [0.4, 0.5) is 0 Å². The number of imide groups is 1. The Bertz CT molecular complexity index is 1040. The second-order valence-corrected chi connectivity index (χ2v) is 9.32. The van der Waals surface area contributed by atoms with Gasteiger partial charge in [0.15, 0.2) is 6.79 Å². The molecule has 0 saturated carbocycles. The molecule has 6 amide bonds. The number of benzene rings is 1. The summed E-state index contributed by atoms with van der Waals surface area (Å²) in [6.07, 6.45) is 2.36. The summed E-state index contributed by atoms with van der Waals surface area (Å²) in [5, 5.41) is 7.58. The molecule has 2 rings (SSSR count). The molecular weight excluding hydrogens is 554 g/mol. The number of ether oxygens (including phenoxy) is 1. The van der Waals surface area contributed by atoms with Crippen molar-refractivity contribution in [1.82, 2.24) is 31.8 Å². The highest BCUT2D eigenvalue weighted by atomic mass is 16.8. The normalized spacial score (nSPS) is 13.8. The lowest BCUT2D eigenvalue weighted by Gasteiger charge is -2.33. The lowest BCUT2D eigenvalue weighted by atomic mass is 9.99. The molecule has 1 fully saturated rings. The number of hydrogen-bond donors (Lipinski definition) is 6. The zero-order valence-electron chi connectivity index (χ0n) is 23.5. The molecule has 0 bridgehead atoms. The van der Waals surface area contributed by atoms with Crippen molar-refractivity contribution in [3.8, 4) is 0 Å². The molecule has 1 aliphatic heterocycles. The molecule has 1 aliphatic rings. The number of primary amides is 1. The fraction of sp³-hybridized carbons (Fsp3) is 0.538. The largest absolute Gasteiger partial charge is 0.368 e. The Morgan fingerprint density at radius 3 is 2.38 bits per heavy atom. The van der Waals surface area contributed by atoms with Crippen molar-refractivity contribution in [1.29, 1.82) is 0 Å². The maximum atomic E-state index is 12.7. The van der Waals surface area contributed by atoms with Gasteiger partial charge in [-0.1, -0.05) is 36.8 Å². The highest BCUT2D eigenvalue weighted by Crippen LogP contribution is 2.19. The van der Waals surface area contributed by atoms with E-state index in [-0.39, 0.29) is 51.5 Å². The number of nitrogens with zero attached hydrogens (tertiary/aromatic N) is 1. The zero-order chi connectivity index (χ0) is 30.7. The molecule has 1 aromatic rings. The van der Waals surface area contributed by atoms with Crippen LogP contribution in [0.1, 0.15) is 31.7 Å². The van der Waals surface area contributed by atoms with Crippen molar-refractivity contribution in [2.45, 2.75) is 38.6 Å². The molecule has 1 aromatic carbocycles. The van der Waals surface area contributed by atoms with Gasteiger partial charge < -0.3 is 26.4 Å². The van der Waals surface area contributed by atoms with Crippen LogP contribution in [0.15, 0.2) is 30.3 Å². The third kappa shape index (κ3) is 13.1. The van der Waals surface area contributed by atoms with Gasteiger partial charge in [0.25, 0.3) is 0 Å². The third-order valence-corrected chi connectivity index (χ3v) is 5.94. The Labute approximate surface area is 243 Å². The van der Waals surface area contributed by atoms with Gasteiger partial charge in [-0.25, -0.2) is 5.48 Å². The van der Waals surface area contributed by atoms with Gasteiger partial charge >= 0.3 is 0 Å². The molecule has 1 atom stereocenters. The molecule has 0 radical (unpaired) electrons. The van der Waals surface area contributed by atoms with Crippen LogP contribution < -0.4 is 32.6 Å². The molecule has 1 heterocycles. The Kier molecular flexibility index (Phi) is 15.7. The first-order valence-electron chi connectivity index (χ1n) is 13.5. The summed E-state index contributed by atoms with van der Waals surface area (Å²) in [5.41, 5.74) is 10.8. The molecule has 1 saturated heterocycles. The van der Waals surface area contributed by atoms with Crippen LogP contribution in [-0.4, -0.2) is 92.7 Å². The number of nitrogens with two attached hydrogens (primary N) is 1. The summed E-state index contributed by atoms with van der Waals surface area (Å²) >= 11 is 0. The van der Waals surface area contributed by atoms with Gasteiger partial charge in [-0.05, 0) is 25.3 Å². The second-order valence-electron chi connectivity index (χ2n) is 9.32. The summed E-state index contributed by atoms with van der Waals surface area (Å²) in [6.45, 7) is 1.07. The lowest BCUT2D eigenvalue weighted by molar-refractivity contribution is -0.164. The summed E-state index contributed by atoms with van der Waals surface area (Å²) in [5.74, 6) is -3.07. The predicted octanol–water partition coefficient (Wildman–Crippen LogP) is -2.42. The van der Waals surface area contributed by atoms with Crippen molar-refractivity contribution >= 4 is 35.4 Å². The Balaban J connectivity index is 1.61. The van der Waals surface area contributed by atoms with E-state index in [4.69, 9.17) is 20.1 Å². The van der Waals surface area contributed by atoms with Gasteiger partial charge in [0, 0.05) is 19.5 Å². The first-order valence-corrected chi connectivity index (χ1v) is 13.5. The number of carbonyl (C=O) groups excluding carboxylic acids is 6. The SMILES string of the molecule is CC1C(=O)N(CCCCCNOCC(=O)NCC(=O)NC(Cc2ccccc2)C(=O)NCNOCOCC(N)=O)C1=O. The van der Waals surface area contributed by atoms with Gasteiger partial charge in [-0.3, -0.25) is 43.3 Å². The van der Waals surface area contributed by atoms with Crippen LogP contribution in [0.2, 0.25) is 0 Å². The molecular formula is C26H39N7O9.